The summed E-state index contributed by atoms with van der Waals surface area (Å²) < 4.78 is 5.03. The molecule has 2 saturated heterocycles. The summed E-state index contributed by atoms with van der Waals surface area (Å²) in [6, 6.07) is 24.3. The minimum absolute atomic E-state index is 0.132. The van der Waals surface area contributed by atoms with Gasteiger partial charge >= 0.3 is 5.97 Å². The Bertz CT molecular complexity index is 1450. The van der Waals surface area contributed by atoms with Crippen LogP contribution in [0.1, 0.15) is 56.5 Å². The molecule has 6 rings (SSSR count). The Labute approximate surface area is 234 Å². The van der Waals surface area contributed by atoms with Gasteiger partial charge in [-0.3, -0.25) is 4.79 Å². The van der Waals surface area contributed by atoms with E-state index in [1.54, 1.807) is 11.3 Å². The van der Waals surface area contributed by atoms with Crippen LogP contribution in [0.25, 0.3) is 10.8 Å². The zero-order valence-corrected chi connectivity index (χ0v) is 23.1. The molecule has 2 fully saturated rings. The molecular formula is C33H34N2O3S. The lowest BCUT2D eigenvalue weighted by molar-refractivity contribution is 0.0597. The first-order valence-corrected chi connectivity index (χ1v) is 14.8. The van der Waals surface area contributed by atoms with E-state index in [0.717, 1.165) is 67.5 Å². The minimum atomic E-state index is -0.256. The summed E-state index contributed by atoms with van der Waals surface area (Å²) in [5.41, 5.74) is 3.94. The Morgan fingerprint density at radius 3 is 2.44 bits per heavy atom. The third kappa shape index (κ3) is 5.23. The second-order valence-electron chi connectivity index (χ2n) is 10.8. The number of rotatable bonds is 6. The summed E-state index contributed by atoms with van der Waals surface area (Å²) in [7, 11) is 1.45. The average Bonchev–Trinajstić information content (AvgIpc) is 3.67. The zero-order valence-electron chi connectivity index (χ0n) is 22.3. The number of methoxy groups -OCH3 is 1. The molecule has 0 saturated carbocycles. The molecule has 200 valence electrons. The second-order valence-corrected chi connectivity index (χ2v) is 11.6. The number of esters is 1. The van der Waals surface area contributed by atoms with Crippen molar-refractivity contribution in [2.24, 2.45) is 5.92 Å². The molecule has 3 heterocycles. The molecule has 2 aliphatic rings. The van der Waals surface area contributed by atoms with Gasteiger partial charge in [0.2, 0.25) is 0 Å². The summed E-state index contributed by atoms with van der Waals surface area (Å²) in [4.78, 5) is 30.8. The van der Waals surface area contributed by atoms with Crippen LogP contribution in [0.3, 0.4) is 0 Å². The maximum Gasteiger partial charge on any atom is 0.338 e. The number of nitrogens with zero attached hydrogens (tertiary/aromatic N) is 2. The topological polar surface area (TPSA) is 49.9 Å². The highest BCUT2D eigenvalue weighted by Crippen LogP contribution is 2.37. The van der Waals surface area contributed by atoms with E-state index in [9.17, 15) is 9.59 Å². The van der Waals surface area contributed by atoms with Gasteiger partial charge in [-0.2, -0.15) is 11.3 Å². The van der Waals surface area contributed by atoms with Gasteiger partial charge in [0.15, 0.2) is 0 Å². The van der Waals surface area contributed by atoms with Gasteiger partial charge in [0.05, 0.1) is 12.7 Å². The minimum Gasteiger partial charge on any atom is -0.465 e. The Morgan fingerprint density at radius 2 is 1.64 bits per heavy atom. The van der Waals surface area contributed by atoms with Crippen molar-refractivity contribution in [2.45, 2.75) is 24.7 Å². The highest BCUT2D eigenvalue weighted by molar-refractivity contribution is 7.08. The van der Waals surface area contributed by atoms with Crippen LogP contribution < -0.4 is 0 Å². The van der Waals surface area contributed by atoms with E-state index in [0.29, 0.717) is 23.3 Å². The third-order valence-corrected chi connectivity index (χ3v) is 9.31. The van der Waals surface area contributed by atoms with E-state index in [1.165, 1.54) is 12.7 Å². The molecule has 1 aromatic heterocycles. The number of fused-ring (bicyclic) bond motifs is 1. The van der Waals surface area contributed by atoms with Gasteiger partial charge in [-0.05, 0) is 88.6 Å². The van der Waals surface area contributed by atoms with Crippen LogP contribution in [0.2, 0.25) is 0 Å². The molecule has 0 aliphatic carbocycles. The molecule has 4 aromatic rings. The molecular weight excluding hydrogens is 504 g/mol. The molecule has 0 bridgehead atoms. The standard InChI is InChI=1S/C33H34N2O3S/c1-38-33(37)30-11-5-4-10-28(30)24-13-16-34(17-14-24)19-26-20-35(21-31(26)25-15-18-39-22-25)32(36)29-12-6-8-23-7-2-3-9-27(23)29/h2-12,15,18,22,24,26,31H,13-14,16-17,19-21H2,1H3. The number of carbonyl (C=O) groups is 2. The molecule has 39 heavy (non-hydrogen) atoms. The van der Waals surface area contributed by atoms with E-state index < -0.39 is 0 Å². The predicted octanol–water partition coefficient (Wildman–Crippen LogP) is 6.42. The number of amides is 1. The van der Waals surface area contributed by atoms with Crippen LogP contribution in [0, 0.1) is 5.92 Å². The van der Waals surface area contributed by atoms with Crippen LogP contribution in [0.4, 0.5) is 0 Å². The van der Waals surface area contributed by atoms with Crippen LogP contribution >= 0.6 is 11.3 Å². The van der Waals surface area contributed by atoms with Crippen molar-refractivity contribution in [1.29, 1.82) is 0 Å². The Morgan fingerprint density at radius 1 is 0.897 bits per heavy atom. The number of hydrogen-bond acceptors (Lipinski definition) is 5. The first kappa shape index (κ1) is 25.8. The first-order chi connectivity index (χ1) is 19.1. The Hall–Kier alpha value is -3.48. The van der Waals surface area contributed by atoms with Crippen molar-refractivity contribution < 1.29 is 14.3 Å². The molecule has 1 amide bonds. The van der Waals surface area contributed by atoms with E-state index >= 15 is 0 Å². The monoisotopic (exact) mass is 538 g/mol. The number of piperidine rings is 1. The lowest BCUT2D eigenvalue weighted by Crippen LogP contribution is -2.38. The van der Waals surface area contributed by atoms with Gasteiger partial charge in [-0.1, -0.05) is 54.6 Å². The fourth-order valence-electron chi connectivity index (χ4n) is 6.57. The molecule has 6 heteroatoms. The van der Waals surface area contributed by atoms with Gasteiger partial charge in [0, 0.05) is 31.1 Å². The highest BCUT2D eigenvalue weighted by Gasteiger charge is 2.38. The number of benzene rings is 3. The van der Waals surface area contributed by atoms with Gasteiger partial charge < -0.3 is 14.5 Å². The van der Waals surface area contributed by atoms with Crippen molar-refractivity contribution in [1.82, 2.24) is 9.80 Å². The SMILES string of the molecule is COC(=O)c1ccccc1C1CCN(CC2CN(C(=O)c3cccc4ccccc34)CC2c2ccsc2)CC1. The Balaban J connectivity index is 1.16. The lowest BCUT2D eigenvalue weighted by Gasteiger charge is -2.35. The lowest BCUT2D eigenvalue weighted by atomic mass is 9.85. The van der Waals surface area contributed by atoms with Crippen LogP contribution in [0.15, 0.2) is 83.6 Å². The average molecular weight is 539 g/mol. The maximum atomic E-state index is 13.8. The van der Waals surface area contributed by atoms with Gasteiger partial charge in [-0.15, -0.1) is 0 Å². The number of thiophene rings is 1. The molecule has 0 spiro atoms. The third-order valence-electron chi connectivity index (χ3n) is 8.61. The summed E-state index contributed by atoms with van der Waals surface area (Å²) >= 11 is 1.73. The quantitative estimate of drug-likeness (QED) is 0.266. The highest BCUT2D eigenvalue weighted by atomic mass is 32.1. The molecule has 0 N–H and O–H groups in total. The smallest absolute Gasteiger partial charge is 0.338 e. The van der Waals surface area contributed by atoms with Crippen molar-refractivity contribution in [3.05, 3.63) is 106 Å². The van der Waals surface area contributed by atoms with E-state index in [2.05, 4.69) is 50.9 Å². The first-order valence-electron chi connectivity index (χ1n) is 13.8. The van der Waals surface area contributed by atoms with Crippen LogP contribution in [-0.2, 0) is 4.74 Å². The summed E-state index contributed by atoms with van der Waals surface area (Å²) in [5, 5.41) is 6.52. The zero-order chi connectivity index (χ0) is 26.8. The van der Waals surface area contributed by atoms with Crippen molar-refractivity contribution in [2.75, 3.05) is 39.8 Å². The number of hydrogen-bond donors (Lipinski definition) is 0. The van der Waals surface area contributed by atoms with Crippen molar-refractivity contribution >= 4 is 34.0 Å². The maximum absolute atomic E-state index is 13.8. The second kappa shape index (κ2) is 11.3. The predicted molar refractivity (Wildman–Crippen MR) is 157 cm³/mol. The molecule has 2 atom stereocenters. The normalized spacial score (nSPS) is 20.4. The molecule has 3 aromatic carbocycles. The number of ether oxygens (including phenoxy) is 1. The summed E-state index contributed by atoms with van der Waals surface area (Å²) in [5.74, 6) is 0.962. The fourth-order valence-corrected chi connectivity index (χ4v) is 7.30. The van der Waals surface area contributed by atoms with Gasteiger partial charge in [0.1, 0.15) is 0 Å². The molecule has 2 unspecified atom stereocenters. The number of likely N-dealkylation sites (tertiary alicyclic amines) is 2. The molecule has 5 nitrogen and oxygen atoms in total. The number of carbonyl (C=O) groups excluding carboxylic acids is 2. The molecule has 0 radical (unpaired) electrons. The van der Waals surface area contributed by atoms with Crippen LogP contribution in [0.5, 0.6) is 0 Å². The van der Waals surface area contributed by atoms with Gasteiger partial charge in [0.25, 0.3) is 5.91 Å². The van der Waals surface area contributed by atoms with E-state index in [1.807, 2.05) is 42.5 Å². The van der Waals surface area contributed by atoms with E-state index in [4.69, 9.17) is 4.74 Å². The van der Waals surface area contributed by atoms with Crippen LogP contribution in [-0.4, -0.2) is 61.5 Å². The Kier molecular flexibility index (Phi) is 7.49. The fraction of sp³-hybridized carbons (Fsp3) is 0.333. The van der Waals surface area contributed by atoms with Crippen molar-refractivity contribution in [3.8, 4) is 0 Å². The van der Waals surface area contributed by atoms with E-state index in [-0.39, 0.29) is 11.9 Å². The van der Waals surface area contributed by atoms with Crippen molar-refractivity contribution in [3.63, 3.8) is 0 Å². The summed E-state index contributed by atoms with van der Waals surface area (Å²) in [6.07, 6.45) is 2.03. The summed E-state index contributed by atoms with van der Waals surface area (Å²) in [6.45, 7) is 4.49. The molecule has 2 aliphatic heterocycles. The largest absolute Gasteiger partial charge is 0.465 e. The van der Waals surface area contributed by atoms with Gasteiger partial charge in [-0.25, -0.2) is 4.79 Å².